The number of ether oxygens (including phenoxy) is 3. The smallest absolute Gasteiger partial charge is 0.242 e. The largest absolute Gasteiger partial charge is 0.497 e. The van der Waals surface area contributed by atoms with E-state index in [0.29, 0.717) is 36.9 Å². The summed E-state index contributed by atoms with van der Waals surface area (Å²) in [5.74, 6) is 2.09. The van der Waals surface area contributed by atoms with Crippen LogP contribution in [-0.4, -0.2) is 50.6 Å². The Kier molecular flexibility index (Phi) is 10.0. The van der Waals surface area contributed by atoms with Gasteiger partial charge in [-0.15, -0.1) is 0 Å². The van der Waals surface area contributed by atoms with Gasteiger partial charge in [0.15, 0.2) is 11.5 Å². The summed E-state index contributed by atoms with van der Waals surface area (Å²) in [6, 6.07) is 12.5. The van der Waals surface area contributed by atoms with Crippen LogP contribution in [0.15, 0.2) is 42.5 Å². The molecule has 2 rings (SSSR count). The van der Waals surface area contributed by atoms with E-state index < -0.39 is 6.04 Å². The molecule has 7 heteroatoms. The topological polar surface area (TPSA) is 77.1 Å². The van der Waals surface area contributed by atoms with E-state index in [1.807, 2.05) is 56.3 Å². The van der Waals surface area contributed by atoms with E-state index in [-0.39, 0.29) is 18.2 Å². The SMILES string of the molecule is COc1ccc(CN(C(=O)CCc2ccc(OC)c(OC)c2)C(C)C(=O)NCC(C)C)cc1. The van der Waals surface area contributed by atoms with Crippen molar-refractivity contribution < 1.29 is 23.8 Å². The standard InChI is InChI=1S/C26H36N2O5/c1-18(2)16-27-26(30)19(3)28(17-21-7-11-22(31-4)12-8-21)25(29)14-10-20-9-13-23(32-5)24(15-20)33-6/h7-9,11-13,15,18-19H,10,14,16-17H2,1-6H3,(H,27,30). The first-order valence-electron chi connectivity index (χ1n) is 11.2. The number of carbonyl (C=O) groups is 2. The van der Waals surface area contributed by atoms with Crippen molar-refractivity contribution in [3.8, 4) is 17.2 Å². The van der Waals surface area contributed by atoms with E-state index in [1.54, 1.807) is 33.2 Å². The van der Waals surface area contributed by atoms with Crippen LogP contribution in [0.2, 0.25) is 0 Å². The van der Waals surface area contributed by atoms with Crippen LogP contribution in [0, 0.1) is 5.92 Å². The van der Waals surface area contributed by atoms with Crippen LogP contribution in [0.1, 0.15) is 38.3 Å². The van der Waals surface area contributed by atoms with Crippen molar-refractivity contribution >= 4 is 11.8 Å². The fourth-order valence-corrected chi connectivity index (χ4v) is 3.39. The zero-order valence-electron chi connectivity index (χ0n) is 20.5. The van der Waals surface area contributed by atoms with Gasteiger partial charge in [0.25, 0.3) is 0 Å². The second-order valence-electron chi connectivity index (χ2n) is 8.37. The second-order valence-corrected chi connectivity index (χ2v) is 8.37. The van der Waals surface area contributed by atoms with Crippen LogP contribution in [-0.2, 0) is 22.6 Å². The zero-order chi connectivity index (χ0) is 24.4. The van der Waals surface area contributed by atoms with E-state index in [4.69, 9.17) is 14.2 Å². The van der Waals surface area contributed by atoms with E-state index in [2.05, 4.69) is 5.32 Å². The molecule has 2 aromatic carbocycles. The number of hydrogen-bond acceptors (Lipinski definition) is 5. The molecule has 0 radical (unpaired) electrons. The molecule has 0 aromatic heterocycles. The van der Waals surface area contributed by atoms with Gasteiger partial charge in [-0.1, -0.05) is 32.0 Å². The number of benzene rings is 2. The molecule has 0 saturated heterocycles. The van der Waals surface area contributed by atoms with E-state index in [9.17, 15) is 9.59 Å². The minimum absolute atomic E-state index is 0.0900. The number of carbonyl (C=O) groups excluding carboxylic acids is 2. The van der Waals surface area contributed by atoms with Crippen LogP contribution in [0.25, 0.3) is 0 Å². The molecule has 0 heterocycles. The molecule has 0 fully saturated rings. The minimum atomic E-state index is -0.594. The van der Waals surface area contributed by atoms with Crippen molar-refractivity contribution in [2.45, 2.75) is 46.2 Å². The van der Waals surface area contributed by atoms with E-state index in [1.165, 1.54) is 0 Å². The van der Waals surface area contributed by atoms with Gasteiger partial charge in [-0.05, 0) is 54.7 Å². The molecule has 2 amide bonds. The lowest BCUT2D eigenvalue weighted by Gasteiger charge is -2.29. The Balaban J connectivity index is 2.16. The molecule has 0 spiro atoms. The third-order valence-electron chi connectivity index (χ3n) is 5.44. The molecule has 0 bridgehead atoms. The lowest BCUT2D eigenvalue weighted by molar-refractivity contribution is -0.140. The third kappa shape index (κ3) is 7.70. The van der Waals surface area contributed by atoms with E-state index >= 15 is 0 Å². The van der Waals surface area contributed by atoms with Gasteiger partial charge in [0.2, 0.25) is 11.8 Å². The van der Waals surface area contributed by atoms with Crippen LogP contribution < -0.4 is 19.5 Å². The first-order valence-corrected chi connectivity index (χ1v) is 11.2. The lowest BCUT2D eigenvalue weighted by Crippen LogP contribution is -2.48. The predicted octanol–water partition coefficient (Wildman–Crippen LogP) is 3.83. The van der Waals surface area contributed by atoms with Crippen molar-refractivity contribution in [1.29, 1.82) is 0 Å². The summed E-state index contributed by atoms with van der Waals surface area (Å²) in [5, 5.41) is 2.94. The monoisotopic (exact) mass is 456 g/mol. The highest BCUT2D eigenvalue weighted by Crippen LogP contribution is 2.28. The summed E-state index contributed by atoms with van der Waals surface area (Å²) in [6.07, 6.45) is 0.798. The number of hydrogen-bond donors (Lipinski definition) is 1. The molecule has 0 aliphatic rings. The quantitative estimate of drug-likeness (QED) is 0.525. The van der Waals surface area contributed by atoms with Crippen LogP contribution in [0.3, 0.4) is 0 Å². The minimum Gasteiger partial charge on any atom is -0.497 e. The molecular weight excluding hydrogens is 420 g/mol. The Bertz CT molecular complexity index is 911. The average molecular weight is 457 g/mol. The molecular formula is C26H36N2O5. The van der Waals surface area contributed by atoms with Crippen molar-refractivity contribution in [2.75, 3.05) is 27.9 Å². The number of nitrogens with zero attached hydrogens (tertiary/aromatic N) is 1. The Morgan fingerprint density at radius 3 is 2.09 bits per heavy atom. The molecule has 180 valence electrons. The molecule has 0 aliphatic heterocycles. The summed E-state index contributed by atoms with van der Waals surface area (Å²) in [6.45, 7) is 6.75. The molecule has 2 aromatic rings. The second kappa shape index (κ2) is 12.7. The summed E-state index contributed by atoms with van der Waals surface area (Å²) >= 11 is 0. The van der Waals surface area contributed by atoms with Crippen molar-refractivity contribution in [3.05, 3.63) is 53.6 Å². The van der Waals surface area contributed by atoms with Crippen LogP contribution >= 0.6 is 0 Å². The van der Waals surface area contributed by atoms with E-state index in [0.717, 1.165) is 16.9 Å². The van der Waals surface area contributed by atoms with Gasteiger partial charge in [0.1, 0.15) is 11.8 Å². The van der Waals surface area contributed by atoms with Gasteiger partial charge in [0.05, 0.1) is 21.3 Å². The highest BCUT2D eigenvalue weighted by Gasteiger charge is 2.26. The maximum Gasteiger partial charge on any atom is 0.242 e. The lowest BCUT2D eigenvalue weighted by atomic mass is 10.1. The number of methoxy groups -OCH3 is 3. The normalized spacial score (nSPS) is 11.6. The molecule has 1 N–H and O–H groups in total. The van der Waals surface area contributed by atoms with Crippen LogP contribution in [0.5, 0.6) is 17.2 Å². The Morgan fingerprint density at radius 1 is 0.879 bits per heavy atom. The fourth-order valence-electron chi connectivity index (χ4n) is 3.39. The Hall–Kier alpha value is -3.22. The highest BCUT2D eigenvalue weighted by molar-refractivity contribution is 5.87. The van der Waals surface area contributed by atoms with Gasteiger partial charge in [-0.2, -0.15) is 0 Å². The molecule has 0 saturated carbocycles. The zero-order valence-corrected chi connectivity index (χ0v) is 20.5. The average Bonchev–Trinajstić information content (AvgIpc) is 2.83. The first kappa shape index (κ1) is 26.0. The van der Waals surface area contributed by atoms with Crippen LogP contribution in [0.4, 0.5) is 0 Å². The molecule has 33 heavy (non-hydrogen) atoms. The number of nitrogens with one attached hydrogen (secondary N) is 1. The number of aryl methyl sites for hydroxylation is 1. The van der Waals surface area contributed by atoms with Crippen molar-refractivity contribution in [1.82, 2.24) is 10.2 Å². The first-order chi connectivity index (χ1) is 15.8. The molecule has 0 aliphatic carbocycles. The third-order valence-corrected chi connectivity index (χ3v) is 5.44. The van der Waals surface area contributed by atoms with Gasteiger partial charge in [0, 0.05) is 19.5 Å². The summed E-state index contributed by atoms with van der Waals surface area (Å²) < 4.78 is 15.9. The highest BCUT2D eigenvalue weighted by atomic mass is 16.5. The summed E-state index contributed by atoms with van der Waals surface area (Å²) in [7, 11) is 4.78. The number of amides is 2. The number of rotatable bonds is 12. The predicted molar refractivity (Wildman–Crippen MR) is 129 cm³/mol. The molecule has 1 unspecified atom stereocenters. The maximum atomic E-state index is 13.3. The van der Waals surface area contributed by atoms with Gasteiger partial charge < -0.3 is 24.4 Å². The summed E-state index contributed by atoms with van der Waals surface area (Å²) in [5.41, 5.74) is 1.89. The molecule has 7 nitrogen and oxygen atoms in total. The summed E-state index contributed by atoms with van der Waals surface area (Å²) in [4.78, 5) is 27.7. The van der Waals surface area contributed by atoms with Gasteiger partial charge in [-0.25, -0.2) is 0 Å². The fraction of sp³-hybridized carbons (Fsp3) is 0.462. The van der Waals surface area contributed by atoms with Crippen molar-refractivity contribution in [3.63, 3.8) is 0 Å². The molecule has 1 atom stereocenters. The van der Waals surface area contributed by atoms with Gasteiger partial charge >= 0.3 is 0 Å². The Labute approximate surface area is 197 Å². The Morgan fingerprint density at radius 2 is 1.52 bits per heavy atom. The van der Waals surface area contributed by atoms with Gasteiger partial charge in [-0.3, -0.25) is 9.59 Å². The maximum absolute atomic E-state index is 13.3. The van der Waals surface area contributed by atoms with Crippen molar-refractivity contribution in [2.24, 2.45) is 5.92 Å².